The van der Waals surface area contributed by atoms with Gasteiger partial charge in [-0.15, -0.1) is 0 Å². The van der Waals surface area contributed by atoms with Crippen molar-refractivity contribution in [2.45, 2.75) is 66.6 Å². The number of aromatic nitrogens is 3. The standard InChI is InChI=1S/C17H27N5O2/c1-10-13(4)24-15(19-10)8-18-16(23)20-11(2)14-9-22(17(5,6)7)21-12(14)3/h9,11H,8H2,1-7H3,(H2,18,20,23). The van der Waals surface area contributed by atoms with Gasteiger partial charge in [0.15, 0.2) is 0 Å². The summed E-state index contributed by atoms with van der Waals surface area (Å²) in [7, 11) is 0. The van der Waals surface area contributed by atoms with Crippen LogP contribution in [0.15, 0.2) is 10.6 Å². The molecule has 1 unspecified atom stereocenters. The molecule has 132 valence electrons. The summed E-state index contributed by atoms with van der Waals surface area (Å²) in [4.78, 5) is 16.3. The van der Waals surface area contributed by atoms with Crippen molar-refractivity contribution in [1.82, 2.24) is 25.4 Å². The van der Waals surface area contributed by atoms with Crippen LogP contribution in [-0.2, 0) is 12.1 Å². The van der Waals surface area contributed by atoms with Gasteiger partial charge in [-0.1, -0.05) is 0 Å². The molecule has 0 aliphatic carbocycles. The summed E-state index contributed by atoms with van der Waals surface area (Å²) < 4.78 is 7.37. The van der Waals surface area contributed by atoms with Crippen LogP contribution in [0.1, 0.15) is 62.3 Å². The average molecular weight is 333 g/mol. The van der Waals surface area contributed by atoms with Crippen molar-refractivity contribution in [3.8, 4) is 0 Å². The second kappa shape index (κ2) is 6.67. The van der Waals surface area contributed by atoms with Crippen molar-refractivity contribution in [1.29, 1.82) is 0 Å². The van der Waals surface area contributed by atoms with E-state index in [1.54, 1.807) is 0 Å². The molecular formula is C17H27N5O2. The van der Waals surface area contributed by atoms with Crippen molar-refractivity contribution < 1.29 is 9.21 Å². The molecule has 2 aromatic rings. The molecule has 7 heteroatoms. The molecule has 0 saturated carbocycles. The third kappa shape index (κ3) is 4.15. The lowest BCUT2D eigenvalue weighted by atomic mass is 10.1. The van der Waals surface area contributed by atoms with Crippen LogP contribution in [0, 0.1) is 20.8 Å². The maximum atomic E-state index is 12.1. The fourth-order valence-corrected chi connectivity index (χ4v) is 2.34. The Balaban J connectivity index is 1.95. The number of carbonyl (C=O) groups is 1. The Hall–Kier alpha value is -2.31. The monoisotopic (exact) mass is 333 g/mol. The normalized spacial score (nSPS) is 13.0. The van der Waals surface area contributed by atoms with E-state index < -0.39 is 0 Å². The number of nitrogens with one attached hydrogen (secondary N) is 2. The van der Waals surface area contributed by atoms with Gasteiger partial charge in [-0.2, -0.15) is 5.10 Å². The molecule has 0 fully saturated rings. The fraction of sp³-hybridized carbons (Fsp3) is 0.588. The molecule has 7 nitrogen and oxygen atoms in total. The van der Waals surface area contributed by atoms with Crippen LogP contribution in [0.2, 0.25) is 0 Å². The minimum atomic E-state index is -0.265. The van der Waals surface area contributed by atoms with Crippen molar-refractivity contribution in [3.63, 3.8) is 0 Å². The highest BCUT2D eigenvalue weighted by Crippen LogP contribution is 2.21. The zero-order valence-electron chi connectivity index (χ0n) is 15.5. The summed E-state index contributed by atoms with van der Waals surface area (Å²) in [6.45, 7) is 14.1. The van der Waals surface area contributed by atoms with E-state index in [-0.39, 0.29) is 24.2 Å². The van der Waals surface area contributed by atoms with Gasteiger partial charge in [0, 0.05) is 11.8 Å². The molecule has 0 bridgehead atoms. The Bertz CT molecular complexity index is 704. The number of carbonyl (C=O) groups excluding carboxylic acids is 1. The van der Waals surface area contributed by atoms with E-state index in [9.17, 15) is 4.79 Å². The number of urea groups is 1. The second-order valence-electron chi connectivity index (χ2n) is 7.08. The number of rotatable bonds is 4. The van der Waals surface area contributed by atoms with Crippen molar-refractivity contribution >= 4 is 6.03 Å². The van der Waals surface area contributed by atoms with E-state index in [1.165, 1.54) is 0 Å². The Kier molecular flexibility index (Phi) is 5.01. The van der Waals surface area contributed by atoms with Gasteiger partial charge in [-0.3, -0.25) is 4.68 Å². The predicted molar refractivity (Wildman–Crippen MR) is 91.7 cm³/mol. The van der Waals surface area contributed by atoms with Crippen LogP contribution in [0.3, 0.4) is 0 Å². The first-order chi connectivity index (χ1) is 11.1. The summed E-state index contributed by atoms with van der Waals surface area (Å²) in [5.41, 5.74) is 2.66. The van der Waals surface area contributed by atoms with Crippen LogP contribution in [0.5, 0.6) is 0 Å². The minimum Gasteiger partial charge on any atom is -0.444 e. The first-order valence-corrected chi connectivity index (χ1v) is 8.12. The number of hydrogen-bond acceptors (Lipinski definition) is 4. The SMILES string of the molecule is Cc1nn(C(C)(C)C)cc1C(C)NC(=O)NCc1nc(C)c(C)o1. The maximum Gasteiger partial charge on any atom is 0.315 e. The highest BCUT2D eigenvalue weighted by atomic mass is 16.4. The molecule has 2 amide bonds. The van der Waals surface area contributed by atoms with Gasteiger partial charge in [0.1, 0.15) is 5.76 Å². The first-order valence-electron chi connectivity index (χ1n) is 8.12. The topological polar surface area (TPSA) is 85.0 Å². The van der Waals surface area contributed by atoms with Gasteiger partial charge < -0.3 is 15.1 Å². The number of amides is 2. The second-order valence-corrected chi connectivity index (χ2v) is 7.08. The lowest BCUT2D eigenvalue weighted by molar-refractivity contribution is 0.236. The van der Waals surface area contributed by atoms with Gasteiger partial charge in [0.2, 0.25) is 5.89 Å². The number of oxazole rings is 1. The van der Waals surface area contributed by atoms with Crippen LogP contribution in [0.25, 0.3) is 0 Å². The highest BCUT2D eigenvalue weighted by Gasteiger charge is 2.20. The Morgan fingerprint density at radius 2 is 1.96 bits per heavy atom. The number of hydrogen-bond donors (Lipinski definition) is 2. The van der Waals surface area contributed by atoms with E-state index in [1.807, 2.05) is 38.6 Å². The summed E-state index contributed by atoms with van der Waals surface area (Å²) in [6.07, 6.45) is 1.99. The third-order valence-electron chi connectivity index (χ3n) is 3.91. The molecule has 2 heterocycles. The van der Waals surface area contributed by atoms with E-state index in [0.29, 0.717) is 5.89 Å². The van der Waals surface area contributed by atoms with Crippen LogP contribution >= 0.6 is 0 Å². The predicted octanol–water partition coefficient (Wildman–Crippen LogP) is 3.11. The van der Waals surface area contributed by atoms with Crippen LogP contribution < -0.4 is 10.6 Å². The summed E-state index contributed by atoms with van der Waals surface area (Å²) in [5.74, 6) is 1.27. The molecule has 0 aliphatic heterocycles. The summed E-state index contributed by atoms with van der Waals surface area (Å²) in [6, 6.07) is -0.409. The largest absolute Gasteiger partial charge is 0.444 e. The molecule has 1 atom stereocenters. The number of nitrogens with zero attached hydrogens (tertiary/aromatic N) is 3. The molecule has 0 aliphatic rings. The van der Waals surface area contributed by atoms with Crippen molar-refractivity contribution in [2.24, 2.45) is 0 Å². The molecule has 0 radical (unpaired) electrons. The lowest BCUT2D eigenvalue weighted by Gasteiger charge is -2.19. The van der Waals surface area contributed by atoms with Gasteiger partial charge in [0.25, 0.3) is 0 Å². The zero-order valence-corrected chi connectivity index (χ0v) is 15.5. The van der Waals surface area contributed by atoms with E-state index in [0.717, 1.165) is 22.7 Å². The first kappa shape index (κ1) is 18.0. The Morgan fingerprint density at radius 1 is 1.29 bits per heavy atom. The van der Waals surface area contributed by atoms with E-state index >= 15 is 0 Å². The van der Waals surface area contributed by atoms with E-state index in [2.05, 4.69) is 41.5 Å². The molecule has 0 aromatic carbocycles. The van der Waals surface area contributed by atoms with Crippen molar-refractivity contribution in [3.05, 3.63) is 34.8 Å². The van der Waals surface area contributed by atoms with Gasteiger partial charge >= 0.3 is 6.03 Å². The third-order valence-corrected chi connectivity index (χ3v) is 3.91. The molecule has 2 N–H and O–H groups in total. The summed E-state index contributed by atoms with van der Waals surface area (Å²) in [5, 5.41) is 10.2. The molecule has 0 saturated heterocycles. The van der Waals surface area contributed by atoms with Crippen LogP contribution in [0.4, 0.5) is 4.79 Å². The van der Waals surface area contributed by atoms with Gasteiger partial charge in [0.05, 0.1) is 29.5 Å². The summed E-state index contributed by atoms with van der Waals surface area (Å²) >= 11 is 0. The average Bonchev–Trinajstić information content (AvgIpc) is 3.00. The van der Waals surface area contributed by atoms with Crippen molar-refractivity contribution in [2.75, 3.05) is 0 Å². The molecular weight excluding hydrogens is 306 g/mol. The molecule has 24 heavy (non-hydrogen) atoms. The number of aryl methyl sites for hydroxylation is 3. The smallest absolute Gasteiger partial charge is 0.315 e. The van der Waals surface area contributed by atoms with E-state index in [4.69, 9.17) is 4.42 Å². The Morgan fingerprint density at radius 3 is 2.46 bits per heavy atom. The fourth-order valence-electron chi connectivity index (χ4n) is 2.34. The Labute approximate surface area is 142 Å². The molecule has 2 rings (SSSR count). The van der Waals surface area contributed by atoms with Gasteiger partial charge in [-0.25, -0.2) is 9.78 Å². The highest BCUT2D eigenvalue weighted by molar-refractivity contribution is 5.74. The van der Waals surface area contributed by atoms with Gasteiger partial charge in [-0.05, 0) is 48.5 Å². The zero-order chi connectivity index (χ0) is 18.1. The lowest BCUT2D eigenvalue weighted by Crippen LogP contribution is -2.36. The maximum absolute atomic E-state index is 12.1. The quantitative estimate of drug-likeness (QED) is 0.900. The minimum absolute atomic E-state index is 0.0916. The van der Waals surface area contributed by atoms with Crippen LogP contribution in [-0.4, -0.2) is 20.8 Å². The molecule has 2 aromatic heterocycles. The molecule has 0 spiro atoms.